The van der Waals surface area contributed by atoms with Crippen molar-refractivity contribution in [2.75, 3.05) is 0 Å². The number of hydrogen-bond acceptors (Lipinski definition) is 2. The van der Waals surface area contributed by atoms with Gasteiger partial charge in [-0.2, -0.15) is 0 Å². The molecule has 0 aromatic heterocycles. The van der Waals surface area contributed by atoms with Crippen LogP contribution in [-0.4, -0.2) is 16.5 Å². The van der Waals surface area contributed by atoms with Crippen molar-refractivity contribution in [3.8, 4) is 0 Å². The molecule has 1 saturated carbocycles. The van der Waals surface area contributed by atoms with Crippen molar-refractivity contribution >= 4 is 21.7 Å². The lowest BCUT2D eigenvalue weighted by Gasteiger charge is -2.20. The summed E-state index contributed by atoms with van der Waals surface area (Å²) < 4.78 is 14.1. The highest BCUT2D eigenvalue weighted by Crippen LogP contribution is 2.33. The van der Waals surface area contributed by atoms with Crippen LogP contribution >= 0.6 is 15.9 Å². The number of ketones is 1. The van der Waals surface area contributed by atoms with Crippen LogP contribution in [0.5, 0.6) is 0 Å². The maximum atomic E-state index is 13.5. The van der Waals surface area contributed by atoms with Crippen molar-refractivity contribution in [2.45, 2.75) is 31.3 Å². The summed E-state index contributed by atoms with van der Waals surface area (Å²) in [6.07, 6.45) is 2.49. The summed E-state index contributed by atoms with van der Waals surface area (Å²) in [7, 11) is 0. The van der Waals surface area contributed by atoms with E-state index >= 15 is 0 Å². The molecular weight excluding hydrogens is 275 g/mol. The summed E-state index contributed by atoms with van der Waals surface area (Å²) in [5, 5.41) is 10.1. The maximum Gasteiger partial charge on any atom is 0.197 e. The minimum Gasteiger partial charge on any atom is -0.382 e. The fraction of sp³-hybridized carbons (Fsp3) is 0.417. The van der Waals surface area contributed by atoms with Crippen LogP contribution in [0.25, 0.3) is 0 Å². The van der Waals surface area contributed by atoms with Gasteiger partial charge in [0.15, 0.2) is 5.78 Å². The van der Waals surface area contributed by atoms with Gasteiger partial charge in [0.05, 0.1) is 5.56 Å². The number of halogens is 2. The van der Waals surface area contributed by atoms with E-state index in [4.69, 9.17) is 0 Å². The van der Waals surface area contributed by atoms with Crippen molar-refractivity contribution in [3.63, 3.8) is 0 Å². The summed E-state index contributed by atoms with van der Waals surface area (Å²) in [4.78, 5) is 12.0. The Labute approximate surface area is 102 Å². The van der Waals surface area contributed by atoms with E-state index in [1.165, 1.54) is 18.2 Å². The fourth-order valence-electron chi connectivity index (χ4n) is 2.11. The topological polar surface area (TPSA) is 37.3 Å². The summed E-state index contributed by atoms with van der Waals surface area (Å²) in [6, 6.07) is 4.19. The van der Waals surface area contributed by atoms with E-state index in [2.05, 4.69) is 15.9 Å². The van der Waals surface area contributed by atoms with Crippen LogP contribution in [0.3, 0.4) is 0 Å². The van der Waals surface area contributed by atoms with Crippen LogP contribution < -0.4 is 0 Å². The van der Waals surface area contributed by atoms with Crippen molar-refractivity contribution < 1.29 is 14.3 Å². The first kappa shape index (κ1) is 11.7. The highest BCUT2D eigenvalue weighted by Gasteiger charge is 2.40. The Morgan fingerprint density at radius 3 is 2.62 bits per heavy atom. The lowest BCUT2D eigenvalue weighted by molar-refractivity contribution is 0.0349. The van der Waals surface area contributed by atoms with Crippen LogP contribution in [0.1, 0.15) is 36.0 Å². The lowest BCUT2D eigenvalue weighted by atomic mass is 9.91. The number of Topliss-reactive ketones (excluding diaryl/α,β-unsaturated/α-hetero) is 1. The zero-order chi connectivity index (χ0) is 11.8. The molecule has 0 spiro atoms. The highest BCUT2D eigenvalue weighted by atomic mass is 79.9. The van der Waals surface area contributed by atoms with Crippen LogP contribution in [0.2, 0.25) is 0 Å². The van der Waals surface area contributed by atoms with E-state index in [0.717, 1.165) is 12.8 Å². The molecule has 1 aliphatic rings. The average Bonchev–Trinajstić information content (AvgIpc) is 2.69. The van der Waals surface area contributed by atoms with E-state index in [0.29, 0.717) is 17.3 Å². The number of rotatable bonds is 2. The van der Waals surface area contributed by atoms with Gasteiger partial charge in [0.1, 0.15) is 11.4 Å². The Morgan fingerprint density at radius 1 is 1.38 bits per heavy atom. The Hall–Kier alpha value is -0.740. The van der Waals surface area contributed by atoms with Gasteiger partial charge in [-0.1, -0.05) is 15.9 Å². The first-order valence-electron chi connectivity index (χ1n) is 5.25. The van der Waals surface area contributed by atoms with Gasteiger partial charge in [-0.15, -0.1) is 0 Å². The molecule has 1 aromatic carbocycles. The predicted octanol–water partition coefficient (Wildman–Crippen LogP) is 3.08. The standard InChI is InChI=1S/C12H12BrFO2/c13-8-3-4-10(14)9(7-8)11(15)12(16)5-1-2-6-12/h3-4,7,16H,1-2,5-6H2. The highest BCUT2D eigenvalue weighted by molar-refractivity contribution is 9.10. The molecule has 1 aromatic rings. The molecule has 0 radical (unpaired) electrons. The Morgan fingerprint density at radius 2 is 2.00 bits per heavy atom. The molecule has 0 amide bonds. The summed E-state index contributed by atoms with van der Waals surface area (Å²) in [5.41, 5.74) is -1.39. The zero-order valence-electron chi connectivity index (χ0n) is 8.67. The molecule has 0 saturated heterocycles. The molecule has 0 aliphatic heterocycles. The van der Waals surface area contributed by atoms with Crippen LogP contribution in [0.4, 0.5) is 4.39 Å². The van der Waals surface area contributed by atoms with E-state index in [9.17, 15) is 14.3 Å². The molecule has 2 nitrogen and oxygen atoms in total. The van der Waals surface area contributed by atoms with Crippen molar-refractivity contribution in [1.82, 2.24) is 0 Å². The molecule has 1 N–H and O–H groups in total. The van der Waals surface area contributed by atoms with Crippen molar-refractivity contribution in [1.29, 1.82) is 0 Å². The third-order valence-corrected chi connectivity index (χ3v) is 3.52. The Balaban J connectivity index is 2.36. The molecule has 0 bridgehead atoms. The smallest absolute Gasteiger partial charge is 0.197 e. The number of carbonyl (C=O) groups excluding carboxylic acids is 1. The van der Waals surface area contributed by atoms with Gasteiger partial charge in [-0.3, -0.25) is 4.79 Å². The lowest BCUT2D eigenvalue weighted by Crippen LogP contribution is -2.35. The van der Waals surface area contributed by atoms with Gasteiger partial charge in [-0.05, 0) is 43.9 Å². The molecule has 0 heterocycles. The molecule has 1 aliphatic carbocycles. The monoisotopic (exact) mass is 286 g/mol. The number of benzene rings is 1. The van der Waals surface area contributed by atoms with Crippen molar-refractivity contribution in [2.24, 2.45) is 0 Å². The molecule has 86 valence electrons. The molecule has 1 fully saturated rings. The Bertz CT molecular complexity index is 425. The largest absolute Gasteiger partial charge is 0.382 e. The molecule has 0 unspecified atom stereocenters. The van der Waals surface area contributed by atoms with Crippen LogP contribution in [0, 0.1) is 5.82 Å². The quantitative estimate of drug-likeness (QED) is 0.849. The van der Waals surface area contributed by atoms with E-state index in [1.54, 1.807) is 0 Å². The summed E-state index contributed by atoms with van der Waals surface area (Å²) in [6.45, 7) is 0. The SMILES string of the molecule is O=C(c1cc(Br)ccc1F)C1(O)CCCC1. The second kappa shape index (κ2) is 4.26. The molecule has 0 atom stereocenters. The third kappa shape index (κ3) is 2.04. The third-order valence-electron chi connectivity index (χ3n) is 3.03. The van der Waals surface area contributed by atoms with E-state index in [1.807, 2.05) is 0 Å². The second-order valence-corrected chi connectivity index (χ2v) is 5.11. The minimum absolute atomic E-state index is 0.0289. The van der Waals surface area contributed by atoms with E-state index in [-0.39, 0.29) is 5.56 Å². The maximum absolute atomic E-state index is 13.5. The molecule has 16 heavy (non-hydrogen) atoms. The van der Waals surface area contributed by atoms with Gasteiger partial charge in [0.25, 0.3) is 0 Å². The Kier molecular flexibility index (Phi) is 3.13. The van der Waals surface area contributed by atoms with Gasteiger partial charge in [0, 0.05) is 4.47 Å². The molecule has 4 heteroatoms. The second-order valence-electron chi connectivity index (χ2n) is 4.19. The predicted molar refractivity (Wildman–Crippen MR) is 61.8 cm³/mol. The van der Waals surface area contributed by atoms with Gasteiger partial charge in [-0.25, -0.2) is 4.39 Å². The number of hydrogen-bond donors (Lipinski definition) is 1. The number of carbonyl (C=O) groups is 1. The fourth-order valence-corrected chi connectivity index (χ4v) is 2.47. The number of aliphatic hydroxyl groups is 1. The van der Waals surface area contributed by atoms with Gasteiger partial charge < -0.3 is 5.11 Å². The average molecular weight is 287 g/mol. The van der Waals surface area contributed by atoms with Crippen molar-refractivity contribution in [3.05, 3.63) is 34.1 Å². The zero-order valence-corrected chi connectivity index (χ0v) is 10.3. The molecule has 2 rings (SSSR count). The van der Waals surface area contributed by atoms with Crippen LogP contribution in [0.15, 0.2) is 22.7 Å². The van der Waals surface area contributed by atoms with Crippen LogP contribution in [-0.2, 0) is 0 Å². The van der Waals surface area contributed by atoms with Gasteiger partial charge >= 0.3 is 0 Å². The van der Waals surface area contributed by atoms with Gasteiger partial charge in [0.2, 0.25) is 0 Å². The normalized spacial score (nSPS) is 18.7. The molecular formula is C12H12BrFO2. The minimum atomic E-state index is -1.36. The first-order valence-corrected chi connectivity index (χ1v) is 6.04. The summed E-state index contributed by atoms with van der Waals surface area (Å²) >= 11 is 3.19. The summed E-state index contributed by atoms with van der Waals surface area (Å²) in [5.74, 6) is -1.07. The first-order chi connectivity index (χ1) is 7.53. The van der Waals surface area contributed by atoms with E-state index < -0.39 is 17.2 Å².